The molecular formula is C11H27BrCoN4O. The van der Waals surface area contributed by atoms with Gasteiger partial charge in [0.15, 0.2) is 0 Å². The number of nitrogens with zero attached hydrogens (tertiary/aromatic N) is 1. The monoisotopic (exact) mass is 369 g/mol. The molecule has 0 aliphatic heterocycles. The molecule has 18 heavy (non-hydrogen) atoms. The molecule has 113 valence electrons. The number of hydrogen-bond acceptors (Lipinski definition) is 5. The average Bonchev–Trinajstić information content (AvgIpc) is 2.40. The Kier molecular flexibility index (Phi) is 44.7. The fraction of sp³-hybridized carbons (Fsp3) is 0.636. The predicted octanol–water partition coefficient (Wildman–Crippen LogP) is 1.46. The van der Waals surface area contributed by atoms with Crippen LogP contribution in [0.2, 0.25) is 0 Å². The molecule has 0 aromatic carbocycles. The molecule has 0 rings (SSSR count). The van der Waals surface area contributed by atoms with Crippen molar-refractivity contribution in [2.45, 2.75) is 20.8 Å². The molecule has 7 N–H and O–H groups in total. The van der Waals surface area contributed by atoms with Gasteiger partial charge in [-0.15, -0.1) is 0 Å². The van der Waals surface area contributed by atoms with E-state index in [4.69, 9.17) is 22.3 Å². The van der Waals surface area contributed by atoms with Crippen molar-refractivity contribution in [3.8, 4) is 0 Å². The molecule has 7 heteroatoms. The van der Waals surface area contributed by atoms with Gasteiger partial charge in [0.25, 0.3) is 0 Å². The van der Waals surface area contributed by atoms with Crippen LogP contribution in [0.15, 0.2) is 16.8 Å². The number of aliphatic hydroxyl groups is 1. The zero-order valence-corrected chi connectivity index (χ0v) is 14.1. The predicted molar refractivity (Wildman–Crippen MR) is 81.5 cm³/mol. The summed E-state index contributed by atoms with van der Waals surface area (Å²) in [6.07, 6.45) is 1.61. The molecule has 0 aromatic heterocycles. The molecule has 0 aliphatic rings. The molecule has 0 amide bonds. The first-order chi connectivity index (χ1) is 8.58. The number of aliphatic hydroxyl groups excluding tert-OH is 1. The minimum absolute atomic E-state index is 0.276. The summed E-state index contributed by atoms with van der Waals surface area (Å²) in [6, 6.07) is 0. The molecule has 0 radical (unpaired) electrons. The van der Waals surface area contributed by atoms with E-state index in [0.29, 0.717) is 26.2 Å². The molecule has 0 spiro atoms. The Morgan fingerprint density at radius 3 is 1.78 bits per heavy atom. The van der Waals surface area contributed by atoms with E-state index < -0.39 is 0 Å². The van der Waals surface area contributed by atoms with E-state index in [-0.39, 0.29) is 5.76 Å². The molecule has 0 bridgehead atoms. The Bertz CT molecular complexity index is 184. The molecule has 0 unspecified atom stereocenters. The first-order valence-electron chi connectivity index (χ1n) is 5.40. The van der Waals surface area contributed by atoms with Crippen LogP contribution < -0.4 is 17.2 Å². The summed E-state index contributed by atoms with van der Waals surface area (Å²) in [6.45, 7) is 10.8. The van der Waals surface area contributed by atoms with Crippen LogP contribution in [0.3, 0.4) is 0 Å². The third-order valence-electron chi connectivity index (χ3n) is 1.07. The van der Waals surface area contributed by atoms with Crippen molar-refractivity contribution in [2.75, 3.05) is 26.2 Å². The molecule has 0 saturated carbocycles. The van der Waals surface area contributed by atoms with Crippen molar-refractivity contribution < 1.29 is 19.1 Å². The zero-order chi connectivity index (χ0) is 15.4. The molecule has 0 fully saturated rings. The third kappa shape index (κ3) is 44.4. The Balaban J connectivity index is -0.000000102. The van der Waals surface area contributed by atoms with E-state index in [0.717, 1.165) is 5.71 Å². The SMILES string of the molecule is CC(/C=C(/C)O)=NCCN.NCCN.[CH2-]C.[Co+][Br]. The maximum absolute atomic E-state index is 8.77. The van der Waals surface area contributed by atoms with Gasteiger partial charge in [0.1, 0.15) is 0 Å². The second kappa shape index (κ2) is 30.3. The Morgan fingerprint density at radius 2 is 1.56 bits per heavy atom. The van der Waals surface area contributed by atoms with Gasteiger partial charge >= 0.3 is 28.1 Å². The van der Waals surface area contributed by atoms with Crippen LogP contribution in [0.5, 0.6) is 0 Å². The number of rotatable bonds is 4. The number of aliphatic imine (C=N–C) groups is 1. The second-order valence-electron chi connectivity index (χ2n) is 2.67. The average molecular weight is 370 g/mol. The normalized spacial score (nSPS) is 10.1. The molecule has 0 aliphatic carbocycles. The van der Waals surface area contributed by atoms with Gasteiger partial charge in [-0.3, -0.25) is 4.99 Å². The van der Waals surface area contributed by atoms with E-state index in [2.05, 4.69) is 40.0 Å². The molecule has 0 atom stereocenters. The van der Waals surface area contributed by atoms with Crippen LogP contribution in [0.1, 0.15) is 20.8 Å². The number of allylic oxidation sites excluding steroid dienone is 2. The van der Waals surface area contributed by atoms with E-state index in [1.54, 1.807) is 19.9 Å². The van der Waals surface area contributed by atoms with Crippen molar-refractivity contribution in [3.63, 3.8) is 0 Å². The zero-order valence-electron chi connectivity index (χ0n) is 11.5. The standard InChI is InChI=1S/C7H14N2O.C2H8N2.C2H5.BrH.Co/c1-6(5-7(2)10)9-4-3-8;3-1-2-4;1-2;;/h5,10H,3-4,8H2,1-2H3;1-4H2;1H2,2H3;1H;/q;;-1;;+2/p-1/b7-5-,9-6?;;;;. The van der Waals surface area contributed by atoms with E-state index in [1.165, 1.54) is 0 Å². The van der Waals surface area contributed by atoms with Gasteiger partial charge in [0.2, 0.25) is 0 Å². The summed E-state index contributed by atoms with van der Waals surface area (Å²) in [5, 5.41) is 8.77. The Hall–Kier alpha value is 0.0765. The summed E-state index contributed by atoms with van der Waals surface area (Å²) in [4.78, 5) is 4.04. The summed E-state index contributed by atoms with van der Waals surface area (Å²) < 4.78 is 0. The minimum atomic E-state index is 0.276. The van der Waals surface area contributed by atoms with Crippen molar-refractivity contribution in [3.05, 3.63) is 18.8 Å². The first kappa shape index (κ1) is 26.6. The van der Waals surface area contributed by atoms with Crippen molar-refractivity contribution in [2.24, 2.45) is 22.2 Å². The summed E-state index contributed by atoms with van der Waals surface area (Å²) in [5.74, 6) is 0.276. The van der Waals surface area contributed by atoms with Crippen LogP contribution in [0, 0.1) is 6.92 Å². The quantitative estimate of drug-likeness (QED) is 0.341. The molecule has 5 nitrogen and oxygen atoms in total. The first-order valence-corrected chi connectivity index (χ1v) is 7.97. The van der Waals surface area contributed by atoms with Crippen LogP contribution in [-0.4, -0.2) is 37.0 Å². The van der Waals surface area contributed by atoms with Gasteiger partial charge < -0.3 is 29.2 Å². The third-order valence-corrected chi connectivity index (χ3v) is 1.07. The van der Waals surface area contributed by atoms with Gasteiger partial charge in [-0.25, -0.2) is 0 Å². The molecule has 0 heterocycles. The van der Waals surface area contributed by atoms with E-state index in [9.17, 15) is 0 Å². The van der Waals surface area contributed by atoms with Crippen molar-refractivity contribution in [1.29, 1.82) is 0 Å². The molecule has 0 saturated heterocycles. The number of halogens is 1. The van der Waals surface area contributed by atoms with Crippen LogP contribution in [0.25, 0.3) is 0 Å². The van der Waals surface area contributed by atoms with Crippen molar-refractivity contribution >= 4 is 19.9 Å². The van der Waals surface area contributed by atoms with E-state index in [1.807, 2.05) is 6.92 Å². The second-order valence-corrected chi connectivity index (χ2v) is 2.67. The van der Waals surface area contributed by atoms with Gasteiger partial charge in [-0.2, -0.15) is 6.92 Å². The number of hydrogen-bond donors (Lipinski definition) is 4. The molecule has 0 aromatic rings. The summed E-state index contributed by atoms with van der Waals surface area (Å²) in [7, 11) is 0. The van der Waals surface area contributed by atoms with E-state index >= 15 is 0 Å². The Morgan fingerprint density at radius 1 is 1.17 bits per heavy atom. The Labute approximate surface area is 127 Å². The van der Waals surface area contributed by atoms with Crippen molar-refractivity contribution in [1.82, 2.24) is 0 Å². The summed E-state index contributed by atoms with van der Waals surface area (Å²) in [5.41, 5.74) is 15.8. The van der Waals surface area contributed by atoms with Gasteiger partial charge in [-0.05, 0) is 19.9 Å². The summed E-state index contributed by atoms with van der Waals surface area (Å²) >= 11 is 6.00. The van der Waals surface area contributed by atoms with Gasteiger partial charge in [0.05, 0.1) is 12.3 Å². The van der Waals surface area contributed by atoms with Crippen LogP contribution in [0.4, 0.5) is 0 Å². The fourth-order valence-corrected chi connectivity index (χ4v) is 0.589. The molecular weight excluding hydrogens is 343 g/mol. The maximum atomic E-state index is 8.77. The van der Waals surface area contributed by atoms with Crippen LogP contribution in [-0.2, 0) is 13.9 Å². The fourth-order valence-electron chi connectivity index (χ4n) is 0.589. The van der Waals surface area contributed by atoms with Gasteiger partial charge in [0, 0.05) is 25.3 Å². The topological polar surface area (TPSA) is 111 Å². The van der Waals surface area contributed by atoms with Crippen LogP contribution >= 0.6 is 14.2 Å². The van der Waals surface area contributed by atoms with Gasteiger partial charge in [-0.1, -0.05) is 0 Å². The number of nitrogens with two attached hydrogens (primary N) is 3.